The topological polar surface area (TPSA) is 119 Å². The van der Waals surface area contributed by atoms with Crippen molar-refractivity contribution in [1.29, 1.82) is 0 Å². The molecule has 30 heavy (non-hydrogen) atoms. The van der Waals surface area contributed by atoms with Crippen molar-refractivity contribution in [3.05, 3.63) is 75.0 Å². The van der Waals surface area contributed by atoms with Crippen LogP contribution in [-0.2, 0) is 22.4 Å². The van der Waals surface area contributed by atoms with Gasteiger partial charge in [-0.25, -0.2) is 4.79 Å². The maximum absolute atomic E-state index is 12.7. The summed E-state index contributed by atoms with van der Waals surface area (Å²) in [5.41, 5.74) is -1.81. The van der Waals surface area contributed by atoms with Gasteiger partial charge in [0.05, 0.1) is 16.1 Å². The SMILES string of the molecule is CC(=O)NC(=Cc1ccc(OCc2ccc(C(F)(F)F)cc2[N+](=O)[O-])cc1)C(=O)O. The van der Waals surface area contributed by atoms with Crippen LogP contribution in [0.5, 0.6) is 5.75 Å². The molecule has 0 unspecified atom stereocenters. The summed E-state index contributed by atoms with van der Waals surface area (Å²) in [6.45, 7) is 0.810. The van der Waals surface area contributed by atoms with E-state index in [-0.39, 0.29) is 23.6 Å². The molecule has 0 bridgehead atoms. The van der Waals surface area contributed by atoms with Crippen LogP contribution in [0.3, 0.4) is 0 Å². The number of hydrogen-bond donors (Lipinski definition) is 2. The predicted molar refractivity (Wildman–Crippen MR) is 98.3 cm³/mol. The van der Waals surface area contributed by atoms with E-state index in [0.29, 0.717) is 11.6 Å². The predicted octanol–water partition coefficient (Wildman–Crippen LogP) is 3.75. The number of carbonyl (C=O) groups is 2. The first-order valence-corrected chi connectivity index (χ1v) is 8.27. The number of carboxylic acids is 1. The highest BCUT2D eigenvalue weighted by atomic mass is 19.4. The summed E-state index contributed by atoms with van der Waals surface area (Å²) in [7, 11) is 0. The Balaban J connectivity index is 2.16. The van der Waals surface area contributed by atoms with E-state index in [0.717, 1.165) is 19.1 Å². The summed E-state index contributed by atoms with van der Waals surface area (Å²) in [6.07, 6.45) is -3.49. The Kier molecular flexibility index (Phi) is 6.77. The number of alkyl halides is 3. The van der Waals surface area contributed by atoms with Crippen molar-refractivity contribution in [2.75, 3.05) is 0 Å². The second-order valence-electron chi connectivity index (χ2n) is 6.00. The number of carboxylic acid groups (broad SMARTS) is 1. The highest BCUT2D eigenvalue weighted by Gasteiger charge is 2.33. The minimum absolute atomic E-state index is 0.0456. The van der Waals surface area contributed by atoms with Gasteiger partial charge >= 0.3 is 12.1 Å². The summed E-state index contributed by atoms with van der Waals surface area (Å²) in [4.78, 5) is 32.3. The molecule has 158 valence electrons. The smallest absolute Gasteiger partial charge is 0.416 e. The highest BCUT2D eigenvalue weighted by Crippen LogP contribution is 2.33. The van der Waals surface area contributed by atoms with Crippen molar-refractivity contribution in [3.8, 4) is 5.75 Å². The Hall–Kier alpha value is -3.89. The van der Waals surface area contributed by atoms with Crippen molar-refractivity contribution in [2.24, 2.45) is 0 Å². The van der Waals surface area contributed by atoms with Gasteiger partial charge in [0.1, 0.15) is 18.1 Å². The van der Waals surface area contributed by atoms with Gasteiger partial charge < -0.3 is 15.2 Å². The van der Waals surface area contributed by atoms with E-state index >= 15 is 0 Å². The molecule has 0 aliphatic heterocycles. The lowest BCUT2D eigenvalue weighted by atomic mass is 10.1. The van der Waals surface area contributed by atoms with E-state index < -0.39 is 34.2 Å². The molecule has 0 radical (unpaired) electrons. The van der Waals surface area contributed by atoms with Gasteiger partial charge in [0.15, 0.2) is 0 Å². The van der Waals surface area contributed by atoms with E-state index in [1.54, 1.807) is 0 Å². The summed E-state index contributed by atoms with van der Waals surface area (Å²) < 4.78 is 43.6. The second-order valence-corrected chi connectivity index (χ2v) is 6.00. The van der Waals surface area contributed by atoms with Gasteiger partial charge in [0.25, 0.3) is 5.69 Å². The lowest BCUT2D eigenvalue weighted by Gasteiger charge is -2.10. The number of carbonyl (C=O) groups excluding carboxylic acids is 1. The molecule has 0 saturated carbocycles. The van der Waals surface area contributed by atoms with Crippen LogP contribution in [-0.4, -0.2) is 21.9 Å². The first-order valence-electron chi connectivity index (χ1n) is 8.27. The molecule has 0 aliphatic rings. The lowest BCUT2D eigenvalue weighted by molar-refractivity contribution is -0.386. The quantitative estimate of drug-likeness (QED) is 0.397. The Morgan fingerprint density at radius 2 is 1.83 bits per heavy atom. The molecule has 0 atom stereocenters. The van der Waals surface area contributed by atoms with Crippen LogP contribution >= 0.6 is 0 Å². The number of nitrogens with zero attached hydrogens (tertiary/aromatic N) is 1. The minimum atomic E-state index is -4.71. The maximum atomic E-state index is 12.7. The molecule has 2 N–H and O–H groups in total. The number of benzene rings is 2. The van der Waals surface area contributed by atoms with Crippen LogP contribution < -0.4 is 10.1 Å². The summed E-state index contributed by atoms with van der Waals surface area (Å²) >= 11 is 0. The zero-order chi connectivity index (χ0) is 22.5. The van der Waals surface area contributed by atoms with Crippen LogP contribution in [0.25, 0.3) is 6.08 Å². The van der Waals surface area contributed by atoms with Crippen LogP contribution in [0.15, 0.2) is 48.2 Å². The number of amides is 1. The molecule has 8 nitrogen and oxygen atoms in total. The van der Waals surface area contributed by atoms with Gasteiger partial charge in [-0.1, -0.05) is 12.1 Å². The van der Waals surface area contributed by atoms with Gasteiger partial charge in [-0.3, -0.25) is 14.9 Å². The fourth-order valence-electron chi connectivity index (χ4n) is 2.36. The number of rotatable bonds is 7. The average Bonchev–Trinajstić information content (AvgIpc) is 2.65. The summed E-state index contributed by atoms with van der Waals surface area (Å²) in [5, 5.41) is 22.3. The molecule has 0 aromatic heterocycles. The maximum Gasteiger partial charge on any atom is 0.416 e. The van der Waals surface area contributed by atoms with Gasteiger partial charge in [0.2, 0.25) is 5.91 Å². The van der Waals surface area contributed by atoms with E-state index in [1.165, 1.54) is 30.3 Å². The molecule has 2 aromatic rings. The third-order valence-electron chi connectivity index (χ3n) is 3.74. The van der Waals surface area contributed by atoms with Crippen molar-refractivity contribution in [3.63, 3.8) is 0 Å². The minimum Gasteiger partial charge on any atom is -0.489 e. The van der Waals surface area contributed by atoms with Crippen molar-refractivity contribution in [1.82, 2.24) is 5.32 Å². The molecule has 11 heteroatoms. The van der Waals surface area contributed by atoms with Crippen LogP contribution in [0.2, 0.25) is 0 Å². The normalized spacial score (nSPS) is 11.7. The Labute approximate surface area is 167 Å². The van der Waals surface area contributed by atoms with Crippen LogP contribution in [0.4, 0.5) is 18.9 Å². The molecule has 0 fully saturated rings. The summed E-state index contributed by atoms with van der Waals surface area (Å²) in [6, 6.07) is 7.98. The van der Waals surface area contributed by atoms with Gasteiger partial charge in [0, 0.05) is 13.0 Å². The molecule has 1 amide bonds. The molecule has 0 aliphatic carbocycles. The zero-order valence-corrected chi connectivity index (χ0v) is 15.4. The molecule has 0 heterocycles. The number of ether oxygens (including phenoxy) is 1. The molecule has 2 aromatic carbocycles. The number of hydrogen-bond acceptors (Lipinski definition) is 5. The van der Waals surface area contributed by atoms with E-state index in [2.05, 4.69) is 5.32 Å². The standard InChI is InChI=1S/C19H15F3N2O6/c1-11(25)23-16(18(26)27)8-12-2-6-15(7-3-12)30-10-13-4-5-14(19(20,21)22)9-17(13)24(28)29/h2-9H,10H2,1H3,(H,23,25)(H,26,27). The molecule has 0 spiro atoms. The summed E-state index contributed by atoms with van der Waals surface area (Å²) in [5.74, 6) is -1.64. The fourth-order valence-corrected chi connectivity index (χ4v) is 2.36. The highest BCUT2D eigenvalue weighted by molar-refractivity contribution is 5.96. The third-order valence-corrected chi connectivity index (χ3v) is 3.74. The van der Waals surface area contributed by atoms with Crippen LogP contribution in [0, 0.1) is 10.1 Å². The first-order chi connectivity index (χ1) is 14.0. The van der Waals surface area contributed by atoms with E-state index in [9.17, 15) is 32.9 Å². The molecular formula is C19H15F3N2O6. The Morgan fingerprint density at radius 3 is 2.33 bits per heavy atom. The molecule has 0 saturated heterocycles. The number of nitrogens with one attached hydrogen (secondary N) is 1. The lowest BCUT2D eigenvalue weighted by Crippen LogP contribution is -2.24. The monoisotopic (exact) mass is 424 g/mol. The number of nitro benzene ring substituents is 1. The Bertz CT molecular complexity index is 1000. The van der Waals surface area contributed by atoms with E-state index in [4.69, 9.17) is 9.84 Å². The average molecular weight is 424 g/mol. The largest absolute Gasteiger partial charge is 0.489 e. The number of halogens is 3. The first kappa shape index (κ1) is 22.4. The van der Waals surface area contributed by atoms with Gasteiger partial charge in [-0.05, 0) is 35.9 Å². The van der Waals surface area contributed by atoms with Gasteiger partial charge in [-0.15, -0.1) is 0 Å². The van der Waals surface area contributed by atoms with Crippen LogP contribution in [0.1, 0.15) is 23.6 Å². The zero-order valence-electron chi connectivity index (χ0n) is 15.4. The Morgan fingerprint density at radius 1 is 1.20 bits per heavy atom. The fraction of sp³-hybridized carbons (Fsp3) is 0.158. The third kappa shape index (κ3) is 6.06. The number of aliphatic carboxylic acids is 1. The molecule has 2 rings (SSSR count). The number of nitro groups is 1. The second kappa shape index (κ2) is 9.07. The van der Waals surface area contributed by atoms with Crippen molar-refractivity contribution in [2.45, 2.75) is 19.7 Å². The van der Waals surface area contributed by atoms with Gasteiger partial charge in [-0.2, -0.15) is 13.2 Å². The van der Waals surface area contributed by atoms with E-state index in [1.807, 2.05) is 0 Å². The van der Waals surface area contributed by atoms with Crippen molar-refractivity contribution >= 4 is 23.6 Å². The van der Waals surface area contributed by atoms with Crippen molar-refractivity contribution < 1.29 is 37.5 Å². The molecular weight excluding hydrogens is 409 g/mol.